The molecule has 1 amide bonds. The summed E-state index contributed by atoms with van der Waals surface area (Å²) in [5.74, 6) is -0.880. The fourth-order valence-corrected chi connectivity index (χ4v) is 4.20. The molecule has 0 bridgehead atoms. The van der Waals surface area contributed by atoms with Gasteiger partial charge in [0.25, 0.3) is 0 Å². The van der Waals surface area contributed by atoms with Crippen LogP contribution in [-0.2, 0) is 13.1 Å². The smallest absolute Gasteiger partial charge is 0.300 e. The molecular formula is C27H23N5O3. The number of carbonyl (C=O) groups is 1. The zero-order valence-corrected chi connectivity index (χ0v) is 19.3. The number of nitrogens with zero attached hydrogens (tertiary/aromatic N) is 5. The molecule has 0 aliphatic heterocycles. The van der Waals surface area contributed by atoms with Crippen molar-refractivity contribution >= 4 is 33.5 Å². The second kappa shape index (κ2) is 8.98. The van der Waals surface area contributed by atoms with Crippen LogP contribution in [0.25, 0.3) is 21.9 Å². The number of azo groups is 1. The number of benzene rings is 2. The van der Waals surface area contributed by atoms with Crippen molar-refractivity contribution in [2.75, 3.05) is 0 Å². The summed E-state index contributed by atoms with van der Waals surface area (Å²) in [6, 6.07) is 20.5. The summed E-state index contributed by atoms with van der Waals surface area (Å²) in [5.41, 5.74) is 2.70. The van der Waals surface area contributed by atoms with Gasteiger partial charge in [0.15, 0.2) is 5.69 Å². The SMILES string of the molecule is CCn1cc(C(=O)N=Nc2c(O)n(Cc3ccccc3)c3ccccc23)c(=O)c2ccc(C)nc21. The Morgan fingerprint density at radius 3 is 2.51 bits per heavy atom. The average Bonchev–Trinajstić information content (AvgIpc) is 3.14. The Bertz CT molecular complexity index is 1670. The van der Waals surface area contributed by atoms with Gasteiger partial charge in [-0.3, -0.25) is 9.59 Å². The van der Waals surface area contributed by atoms with E-state index in [2.05, 4.69) is 15.2 Å². The van der Waals surface area contributed by atoms with Gasteiger partial charge >= 0.3 is 5.91 Å². The fourth-order valence-electron chi connectivity index (χ4n) is 4.20. The number of pyridine rings is 2. The van der Waals surface area contributed by atoms with Gasteiger partial charge in [-0.1, -0.05) is 48.5 Å². The van der Waals surface area contributed by atoms with Crippen LogP contribution in [0.3, 0.4) is 0 Å². The molecule has 0 saturated heterocycles. The minimum Gasteiger partial charge on any atom is -0.493 e. The number of aryl methyl sites for hydroxylation is 2. The molecule has 2 aromatic carbocycles. The third-order valence-electron chi connectivity index (χ3n) is 5.97. The molecule has 5 aromatic rings. The molecule has 0 spiro atoms. The van der Waals surface area contributed by atoms with Crippen LogP contribution in [0.4, 0.5) is 5.69 Å². The molecule has 1 N–H and O–H groups in total. The van der Waals surface area contributed by atoms with Gasteiger partial charge in [0.2, 0.25) is 11.3 Å². The molecule has 0 unspecified atom stereocenters. The molecule has 5 rings (SSSR count). The van der Waals surface area contributed by atoms with Crippen LogP contribution in [-0.4, -0.2) is 25.1 Å². The normalized spacial score (nSPS) is 11.6. The van der Waals surface area contributed by atoms with E-state index in [1.807, 2.05) is 68.4 Å². The number of amides is 1. The summed E-state index contributed by atoms with van der Waals surface area (Å²) < 4.78 is 3.47. The molecule has 0 saturated carbocycles. The summed E-state index contributed by atoms with van der Waals surface area (Å²) in [6.07, 6.45) is 1.47. The number of hydrogen-bond donors (Lipinski definition) is 1. The van der Waals surface area contributed by atoms with Crippen LogP contribution in [0.1, 0.15) is 28.5 Å². The molecule has 3 aromatic heterocycles. The number of fused-ring (bicyclic) bond motifs is 2. The molecule has 0 aliphatic rings. The lowest BCUT2D eigenvalue weighted by Gasteiger charge is -2.09. The van der Waals surface area contributed by atoms with E-state index >= 15 is 0 Å². The second-order valence-electron chi connectivity index (χ2n) is 8.25. The number of hydrogen-bond acceptors (Lipinski definition) is 5. The van der Waals surface area contributed by atoms with Gasteiger partial charge in [-0.25, -0.2) is 4.98 Å². The van der Waals surface area contributed by atoms with Crippen molar-refractivity contribution < 1.29 is 9.90 Å². The van der Waals surface area contributed by atoms with E-state index in [0.29, 0.717) is 29.5 Å². The highest BCUT2D eigenvalue weighted by molar-refractivity contribution is 5.98. The average molecular weight is 466 g/mol. The lowest BCUT2D eigenvalue weighted by molar-refractivity contribution is 0.0993. The number of rotatable bonds is 5. The largest absolute Gasteiger partial charge is 0.493 e. The van der Waals surface area contributed by atoms with Crippen molar-refractivity contribution in [3.63, 3.8) is 0 Å². The molecule has 0 radical (unpaired) electrons. The summed E-state index contributed by atoms with van der Waals surface area (Å²) in [7, 11) is 0. The summed E-state index contributed by atoms with van der Waals surface area (Å²) in [4.78, 5) is 30.4. The van der Waals surface area contributed by atoms with E-state index < -0.39 is 11.3 Å². The maximum Gasteiger partial charge on any atom is 0.300 e. The highest BCUT2D eigenvalue weighted by Crippen LogP contribution is 2.39. The number of carbonyl (C=O) groups excluding carboxylic acids is 1. The van der Waals surface area contributed by atoms with Crippen molar-refractivity contribution in [3.05, 3.63) is 100.0 Å². The number of para-hydroxylation sites is 1. The summed E-state index contributed by atoms with van der Waals surface area (Å²) in [5, 5.41) is 19.9. The Balaban J connectivity index is 1.57. The Kier molecular flexibility index (Phi) is 5.70. The zero-order valence-electron chi connectivity index (χ0n) is 19.3. The van der Waals surface area contributed by atoms with E-state index in [9.17, 15) is 14.7 Å². The van der Waals surface area contributed by atoms with Gasteiger partial charge in [-0.05, 0) is 37.6 Å². The van der Waals surface area contributed by atoms with Crippen molar-refractivity contribution in [1.29, 1.82) is 0 Å². The van der Waals surface area contributed by atoms with Crippen molar-refractivity contribution in [2.24, 2.45) is 10.2 Å². The number of aromatic nitrogens is 3. The first kappa shape index (κ1) is 22.2. The van der Waals surface area contributed by atoms with Crippen LogP contribution in [0.5, 0.6) is 5.88 Å². The predicted octanol–water partition coefficient (Wildman–Crippen LogP) is 5.36. The van der Waals surface area contributed by atoms with E-state index in [4.69, 9.17) is 0 Å². The Labute approximate surface area is 200 Å². The van der Waals surface area contributed by atoms with E-state index in [1.54, 1.807) is 21.3 Å². The molecule has 0 fully saturated rings. The standard InChI is InChI=1S/C27H23N5O3/c1-3-31-16-21(24(33)20-14-13-17(2)28-25(20)31)26(34)30-29-23-19-11-7-8-12-22(19)32(27(23)35)15-18-9-5-4-6-10-18/h4-14,16,35H,3,15H2,1-2H3. The third-order valence-corrected chi connectivity index (χ3v) is 5.97. The topological polar surface area (TPSA) is 102 Å². The third kappa shape index (κ3) is 3.99. The van der Waals surface area contributed by atoms with Gasteiger partial charge in [0.05, 0.1) is 17.4 Å². The van der Waals surface area contributed by atoms with E-state index in [1.165, 1.54) is 6.20 Å². The van der Waals surface area contributed by atoms with Gasteiger partial charge in [0, 0.05) is 23.8 Å². The molecule has 35 heavy (non-hydrogen) atoms. The summed E-state index contributed by atoms with van der Waals surface area (Å²) in [6.45, 7) is 4.70. The predicted molar refractivity (Wildman–Crippen MR) is 134 cm³/mol. The number of aromatic hydroxyl groups is 1. The fraction of sp³-hybridized carbons (Fsp3) is 0.148. The minimum atomic E-state index is -0.779. The molecule has 8 heteroatoms. The first-order valence-electron chi connectivity index (χ1n) is 11.3. The lowest BCUT2D eigenvalue weighted by atomic mass is 10.1. The Morgan fingerprint density at radius 2 is 1.74 bits per heavy atom. The van der Waals surface area contributed by atoms with Crippen molar-refractivity contribution in [2.45, 2.75) is 26.9 Å². The molecule has 174 valence electrons. The maximum absolute atomic E-state index is 13.0. The van der Waals surface area contributed by atoms with Crippen LogP contribution in [0, 0.1) is 6.92 Å². The highest BCUT2D eigenvalue weighted by atomic mass is 16.3. The van der Waals surface area contributed by atoms with E-state index in [-0.39, 0.29) is 17.1 Å². The summed E-state index contributed by atoms with van der Waals surface area (Å²) >= 11 is 0. The highest BCUT2D eigenvalue weighted by Gasteiger charge is 2.19. The van der Waals surface area contributed by atoms with Crippen LogP contribution in [0.15, 0.2) is 87.9 Å². The second-order valence-corrected chi connectivity index (χ2v) is 8.25. The Hall–Kier alpha value is -4.59. The molecular weight excluding hydrogens is 442 g/mol. The molecule has 0 aliphatic carbocycles. The van der Waals surface area contributed by atoms with E-state index in [0.717, 1.165) is 16.8 Å². The van der Waals surface area contributed by atoms with Gasteiger partial charge in [0.1, 0.15) is 11.2 Å². The van der Waals surface area contributed by atoms with Crippen molar-refractivity contribution in [1.82, 2.24) is 14.1 Å². The molecule has 3 heterocycles. The van der Waals surface area contributed by atoms with Gasteiger partial charge < -0.3 is 14.2 Å². The van der Waals surface area contributed by atoms with Gasteiger partial charge in [-0.2, -0.15) is 0 Å². The first-order valence-corrected chi connectivity index (χ1v) is 11.3. The van der Waals surface area contributed by atoms with Crippen LogP contribution in [0.2, 0.25) is 0 Å². The molecule has 0 atom stereocenters. The minimum absolute atomic E-state index is 0.0960. The first-order chi connectivity index (χ1) is 17.0. The van der Waals surface area contributed by atoms with Crippen LogP contribution >= 0.6 is 0 Å². The van der Waals surface area contributed by atoms with Crippen molar-refractivity contribution in [3.8, 4) is 5.88 Å². The molecule has 8 nitrogen and oxygen atoms in total. The monoisotopic (exact) mass is 465 g/mol. The maximum atomic E-state index is 13.0. The Morgan fingerprint density at radius 1 is 1.00 bits per heavy atom. The van der Waals surface area contributed by atoms with Gasteiger partial charge in [-0.15, -0.1) is 10.2 Å². The zero-order chi connectivity index (χ0) is 24.5. The van der Waals surface area contributed by atoms with Crippen LogP contribution < -0.4 is 5.43 Å². The quantitative estimate of drug-likeness (QED) is 0.353. The lowest BCUT2D eigenvalue weighted by Crippen LogP contribution is -2.18.